The van der Waals surface area contributed by atoms with Crippen LogP contribution in [-0.4, -0.2) is 103 Å². The topological polar surface area (TPSA) is 148 Å². The maximum absolute atomic E-state index is 10.1. The van der Waals surface area contributed by atoms with Gasteiger partial charge in [0.15, 0.2) is 0 Å². The molecule has 20 heavy (non-hydrogen) atoms. The predicted octanol–water partition coefficient (Wildman–Crippen LogP) is -2.58. The number of methoxy groups -OCH3 is 1. The van der Waals surface area contributed by atoms with Gasteiger partial charge in [0.2, 0.25) is 0 Å². The van der Waals surface area contributed by atoms with Crippen LogP contribution < -0.4 is 10.3 Å². The summed E-state index contributed by atoms with van der Waals surface area (Å²) in [5.74, 6) is 0.184. The fourth-order valence-electron chi connectivity index (χ4n) is 0.464. The van der Waals surface area contributed by atoms with E-state index in [4.69, 9.17) is 0 Å². The second-order valence-electron chi connectivity index (χ2n) is 3.48. The summed E-state index contributed by atoms with van der Waals surface area (Å²) in [5, 5.41) is 9.00. The molecule has 0 fully saturated rings. The second-order valence-corrected chi connectivity index (χ2v) is 5.92. The molecule has 0 saturated heterocycles. The summed E-state index contributed by atoms with van der Waals surface area (Å²) in [6.45, 7) is 4.01. The molecule has 0 aliphatic heterocycles. The normalized spacial score (nSPS) is 10.9. The SMILES string of the molecule is CC(C)COS(N)(=O)=O.COCCOS(N)(=O)=O.[NaH].[NaH]. The first-order valence-corrected chi connectivity index (χ1v) is 7.75. The molecule has 4 N–H and O–H groups in total. The molecule has 0 aliphatic rings. The number of hydrogen-bond acceptors (Lipinski definition) is 7. The number of ether oxygens (including phenoxy) is 1. The van der Waals surface area contributed by atoms with Gasteiger partial charge in [-0.15, -0.1) is 0 Å². The van der Waals surface area contributed by atoms with Crippen molar-refractivity contribution >= 4 is 79.7 Å². The van der Waals surface area contributed by atoms with Gasteiger partial charge in [-0.1, -0.05) is 13.8 Å². The van der Waals surface area contributed by atoms with E-state index in [1.807, 2.05) is 13.8 Å². The van der Waals surface area contributed by atoms with Crippen LogP contribution in [-0.2, 0) is 33.7 Å². The third-order valence-electron chi connectivity index (χ3n) is 1.10. The Hall–Kier alpha value is 1.70. The molecular weight excluding hydrogens is 334 g/mol. The second kappa shape index (κ2) is 15.6. The van der Waals surface area contributed by atoms with Crippen LogP contribution in [0.1, 0.15) is 13.8 Å². The standard InChI is InChI=1S/C4H11NO3S.C3H9NO4S.2Na.2H/c1-4(2)3-8-9(5,6)7;1-7-2-3-8-9(4,5)6;;;;/h4H,3H2,1-2H3,(H2,5,6,7);2-3H2,1H3,(H2,4,5,6);;;;. The average molecular weight is 356 g/mol. The Labute approximate surface area is 165 Å². The Morgan fingerprint density at radius 1 is 0.900 bits per heavy atom. The molecule has 0 amide bonds. The van der Waals surface area contributed by atoms with E-state index in [2.05, 4.69) is 23.4 Å². The van der Waals surface area contributed by atoms with E-state index in [9.17, 15) is 16.8 Å². The van der Waals surface area contributed by atoms with Crippen LogP contribution in [0.3, 0.4) is 0 Å². The third-order valence-corrected chi connectivity index (χ3v) is 2.06. The van der Waals surface area contributed by atoms with E-state index in [0.29, 0.717) is 0 Å². The minimum atomic E-state index is -3.78. The number of hydrogen-bond donors (Lipinski definition) is 2. The predicted molar refractivity (Wildman–Crippen MR) is 79.1 cm³/mol. The van der Waals surface area contributed by atoms with Gasteiger partial charge in [-0.25, -0.2) is 10.3 Å². The van der Waals surface area contributed by atoms with Crippen LogP contribution in [0.25, 0.3) is 0 Å². The summed E-state index contributed by atoms with van der Waals surface area (Å²) in [6.07, 6.45) is 0. The molecule has 0 bridgehead atoms. The van der Waals surface area contributed by atoms with Gasteiger partial charge in [-0.2, -0.15) is 16.8 Å². The molecule has 0 rings (SSSR count). The zero-order valence-corrected chi connectivity index (χ0v) is 12.2. The van der Waals surface area contributed by atoms with Gasteiger partial charge in [0.1, 0.15) is 0 Å². The Morgan fingerprint density at radius 3 is 1.50 bits per heavy atom. The molecule has 9 nitrogen and oxygen atoms in total. The molecule has 0 aromatic heterocycles. The Balaban J connectivity index is -0.000000116. The van der Waals surface area contributed by atoms with Crippen LogP contribution in [0.5, 0.6) is 0 Å². The van der Waals surface area contributed by atoms with Crippen LogP contribution in [0.2, 0.25) is 0 Å². The molecule has 0 aromatic rings. The fourth-order valence-corrected chi connectivity index (χ4v) is 1.23. The van der Waals surface area contributed by atoms with Crippen molar-refractivity contribution in [1.29, 1.82) is 0 Å². The molecule has 0 atom stereocenters. The van der Waals surface area contributed by atoms with Gasteiger partial charge in [0.25, 0.3) is 0 Å². The fraction of sp³-hybridized carbons (Fsp3) is 1.00. The van der Waals surface area contributed by atoms with Gasteiger partial charge in [0, 0.05) is 7.11 Å². The molecule has 0 aliphatic carbocycles. The molecule has 0 unspecified atom stereocenters. The minimum absolute atomic E-state index is 0. The van der Waals surface area contributed by atoms with Crippen LogP contribution in [0, 0.1) is 5.92 Å². The van der Waals surface area contributed by atoms with E-state index >= 15 is 0 Å². The Bertz CT molecular complexity index is 399. The van der Waals surface area contributed by atoms with Crippen molar-refractivity contribution in [1.82, 2.24) is 0 Å². The van der Waals surface area contributed by atoms with E-state index < -0.39 is 20.6 Å². The van der Waals surface area contributed by atoms with Crippen LogP contribution in [0.4, 0.5) is 0 Å². The van der Waals surface area contributed by atoms with Gasteiger partial charge in [-0.05, 0) is 5.92 Å². The monoisotopic (exact) mass is 356 g/mol. The molecule has 0 saturated carbocycles. The van der Waals surface area contributed by atoms with Crippen molar-refractivity contribution in [2.45, 2.75) is 13.8 Å². The zero-order valence-electron chi connectivity index (χ0n) is 10.5. The average Bonchev–Trinajstić information content (AvgIpc) is 2.13. The first-order chi connectivity index (χ1) is 7.98. The van der Waals surface area contributed by atoms with Gasteiger partial charge in [0.05, 0.1) is 19.8 Å². The first kappa shape index (κ1) is 29.7. The van der Waals surface area contributed by atoms with E-state index in [1.54, 1.807) is 0 Å². The van der Waals surface area contributed by atoms with Crippen molar-refractivity contribution in [2.75, 3.05) is 26.9 Å². The van der Waals surface area contributed by atoms with E-state index in [-0.39, 0.29) is 84.9 Å². The third kappa shape index (κ3) is 36.7. The van der Waals surface area contributed by atoms with Crippen molar-refractivity contribution in [3.63, 3.8) is 0 Å². The van der Waals surface area contributed by atoms with Gasteiger partial charge in [-0.3, -0.25) is 8.37 Å². The Morgan fingerprint density at radius 2 is 1.30 bits per heavy atom. The summed E-state index contributed by atoms with van der Waals surface area (Å²) in [5.41, 5.74) is 0. The van der Waals surface area contributed by atoms with Crippen molar-refractivity contribution < 1.29 is 29.9 Å². The molecule has 0 heterocycles. The molecular formula is C7H22N2Na2O7S2. The number of nitrogens with two attached hydrogens (primary N) is 2. The van der Waals surface area contributed by atoms with Crippen LogP contribution >= 0.6 is 0 Å². The molecule has 0 radical (unpaired) electrons. The molecule has 13 heteroatoms. The number of rotatable bonds is 7. The molecule has 0 spiro atoms. The van der Waals surface area contributed by atoms with Gasteiger partial charge < -0.3 is 4.74 Å². The summed E-state index contributed by atoms with van der Waals surface area (Å²) in [7, 11) is -6.06. The van der Waals surface area contributed by atoms with E-state index in [1.165, 1.54) is 7.11 Å². The van der Waals surface area contributed by atoms with Gasteiger partial charge >= 0.3 is 79.7 Å². The zero-order chi connectivity index (χ0) is 14.8. The summed E-state index contributed by atoms with van der Waals surface area (Å²) in [6, 6.07) is 0. The van der Waals surface area contributed by atoms with Crippen molar-refractivity contribution in [2.24, 2.45) is 16.2 Å². The maximum atomic E-state index is 10.1. The summed E-state index contributed by atoms with van der Waals surface area (Å²) < 4.78 is 53.0. The van der Waals surface area contributed by atoms with Crippen LogP contribution in [0.15, 0.2) is 0 Å². The van der Waals surface area contributed by atoms with Crippen molar-refractivity contribution in [3.05, 3.63) is 0 Å². The molecule has 116 valence electrons. The van der Waals surface area contributed by atoms with E-state index in [0.717, 1.165) is 0 Å². The summed E-state index contributed by atoms with van der Waals surface area (Å²) in [4.78, 5) is 0. The quantitative estimate of drug-likeness (QED) is 0.376. The first-order valence-electron chi connectivity index (χ1n) is 4.81. The van der Waals surface area contributed by atoms with Crippen molar-refractivity contribution in [3.8, 4) is 0 Å². The summed E-state index contributed by atoms with van der Waals surface area (Å²) >= 11 is 0. The Kier molecular flexibility index (Phi) is 23.1. The molecule has 0 aromatic carbocycles.